The number of aliphatic hydroxyl groups excluding tert-OH is 2. The van der Waals surface area contributed by atoms with E-state index >= 15 is 0 Å². The van der Waals surface area contributed by atoms with Gasteiger partial charge in [-0.15, -0.1) is 0 Å². The van der Waals surface area contributed by atoms with Gasteiger partial charge in [-0.1, -0.05) is 36.5 Å². The van der Waals surface area contributed by atoms with Crippen LogP contribution >= 0.6 is 12.2 Å². The van der Waals surface area contributed by atoms with Gasteiger partial charge in [0.2, 0.25) is 0 Å². The van der Waals surface area contributed by atoms with Gasteiger partial charge in [0.25, 0.3) is 0 Å². The second-order valence-electron chi connectivity index (χ2n) is 5.88. The quantitative estimate of drug-likeness (QED) is 0.718. The molecule has 0 amide bonds. The molecule has 0 aliphatic carbocycles. The van der Waals surface area contributed by atoms with E-state index in [1.54, 1.807) is 0 Å². The number of piperidine rings is 1. The van der Waals surface area contributed by atoms with Crippen LogP contribution in [0.25, 0.3) is 0 Å². The van der Waals surface area contributed by atoms with Gasteiger partial charge < -0.3 is 20.8 Å². The molecule has 2 atom stereocenters. The Kier molecular flexibility index (Phi) is 5.70. The first-order valence-electron chi connectivity index (χ1n) is 7.45. The molecule has 1 saturated heterocycles. The molecule has 4 N–H and O–H groups in total. The van der Waals surface area contributed by atoms with E-state index in [9.17, 15) is 10.2 Å². The fourth-order valence-electron chi connectivity index (χ4n) is 2.84. The summed E-state index contributed by atoms with van der Waals surface area (Å²) < 4.78 is 0. The van der Waals surface area contributed by atoms with Crippen LogP contribution in [0.15, 0.2) is 24.3 Å². The number of β-amino-alcohol motifs (C(OH)–C–C–N with tert-alkyl or cyclic N) is 1. The van der Waals surface area contributed by atoms with Crippen molar-refractivity contribution < 1.29 is 10.2 Å². The summed E-state index contributed by atoms with van der Waals surface area (Å²) in [7, 11) is 0. The molecular weight excluding hydrogens is 284 g/mol. The minimum absolute atomic E-state index is 0.232. The van der Waals surface area contributed by atoms with E-state index in [0.29, 0.717) is 17.5 Å². The van der Waals surface area contributed by atoms with Crippen LogP contribution in [0.4, 0.5) is 0 Å². The highest BCUT2D eigenvalue weighted by atomic mass is 32.1. The third-order valence-corrected chi connectivity index (χ3v) is 4.56. The zero-order valence-electron chi connectivity index (χ0n) is 12.4. The molecule has 1 fully saturated rings. The molecule has 1 aromatic carbocycles. The monoisotopic (exact) mass is 308 g/mol. The Morgan fingerprint density at radius 1 is 1.29 bits per heavy atom. The van der Waals surface area contributed by atoms with Crippen LogP contribution in [0, 0.1) is 5.92 Å². The molecule has 1 aromatic rings. The van der Waals surface area contributed by atoms with E-state index in [4.69, 9.17) is 18.0 Å². The normalized spacial score (nSPS) is 20.1. The average molecular weight is 308 g/mol. The highest BCUT2D eigenvalue weighted by Crippen LogP contribution is 2.23. The predicted molar refractivity (Wildman–Crippen MR) is 88.1 cm³/mol. The summed E-state index contributed by atoms with van der Waals surface area (Å²) in [6.45, 7) is 4.34. The lowest BCUT2D eigenvalue weighted by Gasteiger charge is -2.34. The number of likely N-dealkylation sites (tertiary alicyclic amines) is 1. The van der Waals surface area contributed by atoms with Gasteiger partial charge in [-0.2, -0.15) is 0 Å². The lowest BCUT2D eigenvalue weighted by Crippen LogP contribution is -2.39. The van der Waals surface area contributed by atoms with Gasteiger partial charge in [-0.3, -0.25) is 0 Å². The fourth-order valence-corrected chi connectivity index (χ4v) is 2.97. The number of nitrogens with two attached hydrogens (primary N) is 1. The molecule has 0 radical (unpaired) electrons. The summed E-state index contributed by atoms with van der Waals surface area (Å²) in [5.41, 5.74) is 7.27. The molecule has 4 nitrogen and oxygen atoms in total. The third kappa shape index (κ3) is 4.48. The number of hydrogen-bond acceptors (Lipinski definition) is 4. The van der Waals surface area contributed by atoms with Crippen LogP contribution in [0.3, 0.4) is 0 Å². The van der Waals surface area contributed by atoms with Gasteiger partial charge in [-0.25, -0.2) is 0 Å². The van der Waals surface area contributed by atoms with Crippen LogP contribution in [-0.2, 0) is 0 Å². The van der Waals surface area contributed by atoms with E-state index in [0.717, 1.165) is 37.1 Å². The molecule has 0 aromatic heterocycles. The van der Waals surface area contributed by atoms with Crippen LogP contribution in [0.1, 0.15) is 37.0 Å². The maximum atomic E-state index is 10.3. The SMILES string of the molecule is CC(O)C1CCN(CC(O)c2ccc(C(N)=S)cc2)CC1. The number of aliphatic hydroxyl groups is 2. The summed E-state index contributed by atoms with van der Waals surface area (Å²) in [5, 5.41) is 19.9. The van der Waals surface area contributed by atoms with E-state index < -0.39 is 6.10 Å². The second kappa shape index (κ2) is 7.31. The van der Waals surface area contributed by atoms with E-state index in [1.165, 1.54) is 0 Å². The topological polar surface area (TPSA) is 69.7 Å². The summed E-state index contributed by atoms with van der Waals surface area (Å²) in [5.74, 6) is 0.392. The van der Waals surface area contributed by atoms with E-state index in [2.05, 4.69) is 4.90 Å². The molecule has 1 heterocycles. The molecule has 0 saturated carbocycles. The van der Waals surface area contributed by atoms with Crippen LogP contribution in [-0.4, -0.2) is 45.8 Å². The van der Waals surface area contributed by atoms with Crippen LogP contribution in [0.2, 0.25) is 0 Å². The molecule has 1 aliphatic heterocycles. The highest BCUT2D eigenvalue weighted by Gasteiger charge is 2.24. The summed E-state index contributed by atoms with van der Waals surface area (Å²) >= 11 is 4.92. The zero-order valence-corrected chi connectivity index (χ0v) is 13.2. The van der Waals surface area contributed by atoms with Crippen molar-refractivity contribution in [3.63, 3.8) is 0 Å². The molecule has 21 heavy (non-hydrogen) atoms. The van der Waals surface area contributed by atoms with Crippen molar-refractivity contribution in [1.29, 1.82) is 0 Å². The maximum absolute atomic E-state index is 10.3. The van der Waals surface area contributed by atoms with Crippen molar-refractivity contribution in [2.75, 3.05) is 19.6 Å². The standard InChI is InChI=1S/C16H24N2O2S/c1-11(19)12-6-8-18(9-7-12)10-15(20)13-2-4-14(5-3-13)16(17)21/h2-5,11-12,15,19-20H,6-10H2,1H3,(H2,17,21). The summed E-state index contributed by atoms with van der Waals surface area (Å²) in [6.07, 6.45) is 1.24. The zero-order chi connectivity index (χ0) is 15.4. The Bertz CT molecular complexity index is 468. The fraction of sp³-hybridized carbons (Fsp3) is 0.562. The second-order valence-corrected chi connectivity index (χ2v) is 6.32. The number of rotatable bonds is 5. The van der Waals surface area contributed by atoms with Gasteiger partial charge in [0.05, 0.1) is 12.2 Å². The largest absolute Gasteiger partial charge is 0.393 e. The predicted octanol–water partition coefficient (Wildman–Crippen LogP) is 1.45. The van der Waals surface area contributed by atoms with E-state index in [-0.39, 0.29) is 6.10 Å². The van der Waals surface area contributed by atoms with E-state index in [1.807, 2.05) is 31.2 Å². The smallest absolute Gasteiger partial charge is 0.103 e. The molecule has 2 rings (SSSR count). The molecule has 2 unspecified atom stereocenters. The van der Waals surface area contributed by atoms with Crippen LogP contribution < -0.4 is 5.73 Å². The number of benzene rings is 1. The van der Waals surface area contributed by atoms with Crippen molar-refractivity contribution in [3.05, 3.63) is 35.4 Å². The number of hydrogen-bond donors (Lipinski definition) is 3. The average Bonchev–Trinajstić information content (AvgIpc) is 2.47. The van der Waals surface area contributed by atoms with Gasteiger partial charge in [0.15, 0.2) is 0 Å². The Labute approximate surface area is 131 Å². The number of nitrogens with zero attached hydrogens (tertiary/aromatic N) is 1. The Morgan fingerprint density at radius 2 is 1.86 bits per heavy atom. The molecule has 5 heteroatoms. The summed E-state index contributed by atoms with van der Waals surface area (Å²) in [6, 6.07) is 7.45. The molecular formula is C16H24N2O2S. The highest BCUT2D eigenvalue weighted by molar-refractivity contribution is 7.80. The van der Waals surface area contributed by atoms with Crippen molar-refractivity contribution in [1.82, 2.24) is 4.90 Å². The molecule has 0 bridgehead atoms. The molecule has 116 valence electrons. The van der Waals surface area contributed by atoms with Gasteiger partial charge in [0.1, 0.15) is 4.99 Å². The van der Waals surface area contributed by atoms with Crippen molar-refractivity contribution in [2.45, 2.75) is 32.0 Å². The first-order chi connectivity index (χ1) is 9.97. The van der Waals surface area contributed by atoms with Gasteiger partial charge in [0, 0.05) is 12.1 Å². The Balaban J connectivity index is 1.87. The summed E-state index contributed by atoms with van der Waals surface area (Å²) in [4.78, 5) is 2.63. The minimum Gasteiger partial charge on any atom is -0.393 e. The maximum Gasteiger partial charge on any atom is 0.103 e. The Morgan fingerprint density at radius 3 is 2.33 bits per heavy atom. The molecule has 1 aliphatic rings. The van der Waals surface area contributed by atoms with Crippen molar-refractivity contribution in [2.24, 2.45) is 11.7 Å². The van der Waals surface area contributed by atoms with Crippen molar-refractivity contribution >= 4 is 17.2 Å². The Hall–Kier alpha value is -1.01. The lowest BCUT2D eigenvalue weighted by atomic mass is 9.92. The minimum atomic E-state index is -0.506. The first kappa shape index (κ1) is 16.4. The third-order valence-electron chi connectivity index (χ3n) is 4.33. The molecule has 0 spiro atoms. The van der Waals surface area contributed by atoms with Gasteiger partial charge in [-0.05, 0) is 44.3 Å². The number of thiocarbonyl (C=S) groups is 1. The van der Waals surface area contributed by atoms with Gasteiger partial charge >= 0.3 is 0 Å². The van der Waals surface area contributed by atoms with Crippen molar-refractivity contribution in [3.8, 4) is 0 Å². The first-order valence-corrected chi connectivity index (χ1v) is 7.86. The van der Waals surface area contributed by atoms with Crippen LogP contribution in [0.5, 0.6) is 0 Å². The lowest BCUT2D eigenvalue weighted by molar-refractivity contribution is 0.0485.